The second kappa shape index (κ2) is 16.6. The van der Waals surface area contributed by atoms with E-state index in [9.17, 15) is 32.9 Å². The van der Waals surface area contributed by atoms with Crippen molar-refractivity contribution in [2.24, 2.45) is 0 Å². The fourth-order valence-electron chi connectivity index (χ4n) is 2.64. The molecule has 0 radical (unpaired) electrons. The number of unbranched alkanes of at least 4 members (excludes halogenated alkanes) is 2. The van der Waals surface area contributed by atoms with Gasteiger partial charge in [-0.2, -0.15) is 13.2 Å². The summed E-state index contributed by atoms with van der Waals surface area (Å²) in [4.78, 5) is 34.5. The number of nitro benzene ring substituents is 1. The van der Waals surface area contributed by atoms with Gasteiger partial charge in [0.1, 0.15) is 23.7 Å². The molecule has 13 heteroatoms. The number of nitro groups is 1. The molecule has 2 aromatic carbocycles. The lowest BCUT2D eigenvalue weighted by Gasteiger charge is -2.12. The van der Waals surface area contributed by atoms with E-state index in [0.717, 1.165) is 56.0 Å². The number of aliphatic hydroxyl groups is 1. The molecule has 0 saturated heterocycles. The molecule has 0 atom stereocenters. The molecule has 0 aromatic heterocycles. The first-order chi connectivity index (χ1) is 17.9. The van der Waals surface area contributed by atoms with Crippen LogP contribution in [0.15, 0.2) is 36.4 Å². The maximum atomic E-state index is 12.8. The zero-order valence-corrected chi connectivity index (χ0v) is 21.6. The SMILES string of the molecule is CCCCO.CCCCOCC(=O)COC(=O)c1cc(Oc2ccc(C(F)(F)F)cc2Cl)ccc1[N+](=O)[O-]. The molecule has 0 spiro atoms. The van der Waals surface area contributed by atoms with Crippen LogP contribution in [0.3, 0.4) is 0 Å². The Hall–Kier alpha value is -3.22. The highest BCUT2D eigenvalue weighted by Gasteiger charge is 2.31. The molecule has 210 valence electrons. The number of Topliss-reactive ketones (excluding diaryl/α,β-unsaturated/α-hetero) is 1. The molecular formula is C25H29ClF3NO8. The van der Waals surface area contributed by atoms with Crippen molar-refractivity contribution >= 4 is 29.0 Å². The summed E-state index contributed by atoms with van der Waals surface area (Å²) in [6.45, 7) is 3.78. The molecule has 9 nitrogen and oxygen atoms in total. The second-order valence-corrected chi connectivity index (χ2v) is 8.19. The third-order valence-electron chi connectivity index (χ3n) is 4.65. The number of ether oxygens (including phenoxy) is 3. The number of ketones is 1. The van der Waals surface area contributed by atoms with Crippen molar-refractivity contribution in [2.45, 2.75) is 45.7 Å². The summed E-state index contributed by atoms with van der Waals surface area (Å²) in [6.07, 6.45) is -0.931. The number of rotatable bonds is 13. The van der Waals surface area contributed by atoms with Crippen molar-refractivity contribution in [3.8, 4) is 11.5 Å². The minimum Gasteiger partial charge on any atom is -0.456 e. The number of alkyl halides is 3. The Morgan fingerprint density at radius 3 is 2.26 bits per heavy atom. The van der Waals surface area contributed by atoms with E-state index in [1.807, 2.05) is 6.92 Å². The van der Waals surface area contributed by atoms with Crippen LogP contribution in [-0.2, 0) is 20.4 Å². The molecule has 0 bridgehead atoms. The van der Waals surface area contributed by atoms with Crippen molar-refractivity contribution in [3.05, 3.63) is 62.7 Å². The summed E-state index contributed by atoms with van der Waals surface area (Å²) in [5.74, 6) is -1.99. The summed E-state index contributed by atoms with van der Waals surface area (Å²) < 4.78 is 53.7. The molecule has 2 rings (SSSR count). The number of halogens is 4. The number of carbonyl (C=O) groups excluding carboxylic acids is 2. The van der Waals surface area contributed by atoms with Crippen LogP contribution in [0.25, 0.3) is 0 Å². The normalized spacial score (nSPS) is 10.8. The minimum absolute atomic E-state index is 0.122. The van der Waals surface area contributed by atoms with Gasteiger partial charge in [-0.1, -0.05) is 38.3 Å². The van der Waals surface area contributed by atoms with Crippen LogP contribution in [0.5, 0.6) is 11.5 Å². The van der Waals surface area contributed by atoms with E-state index in [1.165, 1.54) is 0 Å². The summed E-state index contributed by atoms with van der Waals surface area (Å²) >= 11 is 5.84. The third kappa shape index (κ3) is 11.4. The van der Waals surface area contributed by atoms with Gasteiger partial charge < -0.3 is 19.3 Å². The summed E-state index contributed by atoms with van der Waals surface area (Å²) in [5.41, 5.74) is -2.12. The first kappa shape index (κ1) is 32.8. The summed E-state index contributed by atoms with van der Waals surface area (Å²) in [7, 11) is 0. The predicted octanol–water partition coefficient (Wildman–Crippen LogP) is 6.38. The zero-order chi connectivity index (χ0) is 28.7. The third-order valence-corrected chi connectivity index (χ3v) is 4.95. The van der Waals surface area contributed by atoms with Gasteiger partial charge in [-0.15, -0.1) is 0 Å². The molecule has 2 aromatic rings. The Morgan fingerprint density at radius 2 is 1.74 bits per heavy atom. The highest BCUT2D eigenvalue weighted by Crippen LogP contribution is 2.37. The van der Waals surface area contributed by atoms with Crippen LogP contribution in [0.2, 0.25) is 5.02 Å². The summed E-state index contributed by atoms with van der Waals surface area (Å²) in [6, 6.07) is 5.44. The monoisotopic (exact) mass is 563 g/mol. The van der Waals surface area contributed by atoms with Crippen molar-refractivity contribution < 1.29 is 47.0 Å². The molecule has 0 fully saturated rings. The van der Waals surface area contributed by atoms with Crippen molar-refractivity contribution in [1.29, 1.82) is 0 Å². The molecule has 0 heterocycles. The molecule has 0 aliphatic carbocycles. The highest BCUT2D eigenvalue weighted by atomic mass is 35.5. The number of hydrogen-bond donors (Lipinski definition) is 1. The van der Waals surface area contributed by atoms with Gasteiger partial charge in [0.05, 0.1) is 15.5 Å². The largest absolute Gasteiger partial charge is 0.456 e. The van der Waals surface area contributed by atoms with Gasteiger partial charge in [0, 0.05) is 25.3 Å². The van der Waals surface area contributed by atoms with E-state index in [4.69, 9.17) is 30.9 Å². The van der Waals surface area contributed by atoms with Gasteiger partial charge in [-0.25, -0.2) is 4.79 Å². The van der Waals surface area contributed by atoms with Crippen LogP contribution in [0.4, 0.5) is 18.9 Å². The highest BCUT2D eigenvalue weighted by molar-refractivity contribution is 6.32. The Kier molecular flexibility index (Phi) is 14.3. The average Bonchev–Trinajstić information content (AvgIpc) is 2.86. The van der Waals surface area contributed by atoms with Crippen LogP contribution >= 0.6 is 11.6 Å². The zero-order valence-electron chi connectivity index (χ0n) is 20.9. The number of carbonyl (C=O) groups is 2. The number of aliphatic hydroxyl groups excluding tert-OH is 1. The number of nitrogens with zero attached hydrogens (tertiary/aromatic N) is 1. The Labute approximate surface area is 222 Å². The van der Waals surface area contributed by atoms with Crippen LogP contribution in [0, 0.1) is 10.1 Å². The summed E-state index contributed by atoms with van der Waals surface area (Å²) in [5, 5.41) is 19.0. The lowest BCUT2D eigenvalue weighted by atomic mass is 10.1. The smallest absolute Gasteiger partial charge is 0.416 e. The van der Waals surface area contributed by atoms with E-state index in [-0.39, 0.29) is 23.1 Å². The first-order valence-corrected chi connectivity index (χ1v) is 12.0. The van der Waals surface area contributed by atoms with E-state index in [2.05, 4.69) is 6.92 Å². The van der Waals surface area contributed by atoms with Crippen LogP contribution in [0.1, 0.15) is 55.5 Å². The number of esters is 1. The topological polar surface area (TPSA) is 125 Å². The molecular weight excluding hydrogens is 535 g/mol. The van der Waals surface area contributed by atoms with Crippen molar-refractivity contribution in [2.75, 3.05) is 26.4 Å². The standard InChI is InChI=1S/C21H19ClF3NO7.C4H10O/c1-2-3-8-31-11-14(27)12-32-20(28)16-10-15(5-6-18(16)26(29)30)33-19-7-4-13(9-17(19)22)21(23,24)25;1-2-3-4-5/h4-7,9-10H,2-3,8,11-12H2,1H3;5H,2-4H2,1H3. The Morgan fingerprint density at radius 1 is 1.05 bits per heavy atom. The molecule has 0 aliphatic rings. The van der Waals surface area contributed by atoms with Gasteiger partial charge in [0.25, 0.3) is 5.69 Å². The minimum atomic E-state index is -4.61. The molecule has 0 aliphatic heterocycles. The maximum Gasteiger partial charge on any atom is 0.416 e. The lowest BCUT2D eigenvalue weighted by molar-refractivity contribution is -0.385. The van der Waals surface area contributed by atoms with Gasteiger partial charge in [0.2, 0.25) is 0 Å². The maximum absolute atomic E-state index is 12.8. The van der Waals surface area contributed by atoms with Crippen LogP contribution in [-0.4, -0.2) is 48.2 Å². The fraction of sp³-hybridized carbons (Fsp3) is 0.440. The quantitative estimate of drug-likeness (QED) is 0.129. The van der Waals surface area contributed by atoms with Crippen molar-refractivity contribution in [1.82, 2.24) is 0 Å². The molecule has 1 N–H and O–H groups in total. The number of hydrogen-bond acceptors (Lipinski definition) is 8. The van der Waals surface area contributed by atoms with Gasteiger partial charge in [-0.3, -0.25) is 14.9 Å². The Bertz CT molecular complexity index is 1080. The van der Waals surface area contributed by atoms with E-state index >= 15 is 0 Å². The molecule has 0 saturated carbocycles. The van der Waals surface area contributed by atoms with Crippen molar-refractivity contribution in [3.63, 3.8) is 0 Å². The van der Waals surface area contributed by atoms with Gasteiger partial charge >= 0.3 is 12.1 Å². The van der Waals surface area contributed by atoms with Gasteiger partial charge in [0.15, 0.2) is 12.4 Å². The fourth-order valence-corrected chi connectivity index (χ4v) is 2.86. The average molecular weight is 564 g/mol. The first-order valence-electron chi connectivity index (χ1n) is 11.6. The molecule has 0 unspecified atom stereocenters. The number of benzene rings is 2. The lowest BCUT2D eigenvalue weighted by Crippen LogP contribution is -2.19. The second-order valence-electron chi connectivity index (χ2n) is 7.78. The van der Waals surface area contributed by atoms with Crippen LogP contribution < -0.4 is 4.74 Å². The molecule has 38 heavy (non-hydrogen) atoms. The predicted molar refractivity (Wildman–Crippen MR) is 133 cm³/mol. The van der Waals surface area contributed by atoms with E-state index in [1.54, 1.807) is 0 Å². The molecule has 0 amide bonds. The van der Waals surface area contributed by atoms with E-state index in [0.29, 0.717) is 19.3 Å². The Balaban J connectivity index is 0.00000132. The van der Waals surface area contributed by atoms with E-state index < -0.39 is 46.3 Å². The van der Waals surface area contributed by atoms with Gasteiger partial charge in [-0.05, 0) is 37.1 Å².